The van der Waals surface area contributed by atoms with Crippen LogP contribution in [-0.4, -0.2) is 43.8 Å². The third-order valence-electron chi connectivity index (χ3n) is 4.04. The van der Waals surface area contributed by atoms with Gasteiger partial charge in [0.1, 0.15) is 0 Å². The second-order valence-corrected chi connectivity index (χ2v) is 5.38. The highest BCUT2D eigenvalue weighted by molar-refractivity contribution is 5.14. The minimum absolute atomic E-state index is 0.430. The predicted molar refractivity (Wildman–Crippen MR) is 72.4 cm³/mol. The molecule has 2 heterocycles. The summed E-state index contributed by atoms with van der Waals surface area (Å²) in [6.45, 7) is 6.39. The van der Waals surface area contributed by atoms with Gasteiger partial charge in [0.2, 0.25) is 0 Å². The van der Waals surface area contributed by atoms with Gasteiger partial charge in [0.25, 0.3) is 0 Å². The van der Waals surface area contributed by atoms with E-state index in [4.69, 9.17) is 4.74 Å². The molecule has 1 aromatic carbocycles. The fourth-order valence-electron chi connectivity index (χ4n) is 3.04. The van der Waals surface area contributed by atoms with Gasteiger partial charge in [-0.3, -0.25) is 4.90 Å². The van der Waals surface area contributed by atoms with Crippen molar-refractivity contribution in [2.45, 2.75) is 19.1 Å². The molecule has 0 bridgehead atoms. The molecule has 0 spiro atoms. The van der Waals surface area contributed by atoms with Crippen molar-refractivity contribution in [1.82, 2.24) is 10.2 Å². The molecule has 0 radical (unpaired) electrons. The van der Waals surface area contributed by atoms with Crippen LogP contribution in [0.15, 0.2) is 30.3 Å². The average Bonchev–Trinajstić information content (AvgIpc) is 2.89. The molecule has 2 saturated heterocycles. The normalized spacial score (nSPS) is 29.6. The Morgan fingerprint density at radius 3 is 2.94 bits per heavy atom. The van der Waals surface area contributed by atoms with E-state index < -0.39 is 0 Å². The van der Waals surface area contributed by atoms with Crippen molar-refractivity contribution in [2.75, 3.05) is 32.8 Å². The van der Waals surface area contributed by atoms with E-state index >= 15 is 0 Å². The summed E-state index contributed by atoms with van der Waals surface area (Å²) in [4.78, 5) is 2.55. The Kier molecular flexibility index (Phi) is 3.93. The van der Waals surface area contributed by atoms with Crippen LogP contribution < -0.4 is 5.32 Å². The smallest absolute Gasteiger partial charge is 0.0740 e. The maximum Gasteiger partial charge on any atom is 0.0740 e. The number of rotatable bonds is 3. The molecule has 1 N–H and O–H groups in total. The average molecular weight is 246 g/mol. The lowest BCUT2D eigenvalue weighted by Crippen LogP contribution is -2.43. The maximum atomic E-state index is 5.87. The molecule has 0 aliphatic carbocycles. The van der Waals surface area contributed by atoms with E-state index in [0.29, 0.717) is 12.0 Å². The lowest BCUT2D eigenvalue weighted by molar-refractivity contribution is -0.00654. The third-order valence-corrected chi connectivity index (χ3v) is 4.04. The van der Waals surface area contributed by atoms with Crippen LogP contribution >= 0.6 is 0 Å². The van der Waals surface area contributed by atoms with Crippen molar-refractivity contribution < 1.29 is 4.74 Å². The fourth-order valence-corrected chi connectivity index (χ4v) is 3.04. The van der Waals surface area contributed by atoms with Crippen LogP contribution in [0.25, 0.3) is 0 Å². The second-order valence-electron chi connectivity index (χ2n) is 5.38. The van der Waals surface area contributed by atoms with E-state index in [0.717, 1.165) is 26.2 Å². The molecule has 1 aromatic rings. The van der Waals surface area contributed by atoms with Gasteiger partial charge in [-0.05, 0) is 18.5 Å². The lowest BCUT2D eigenvalue weighted by Gasteiger charge is -2.28. The van der Waals surface area contributed by atoms with Crippen LogP contribution in [0.2, 0.25) is 0 Å². The van der Waals surface area contributed by atoms with E-state index in [9.17, 15) is 0 Å². The van der Waals surface area contributed by atoms with Crippen molar-refractivity contribution in [3.63, 3.8) is 0 Å². The minimum Gasteiger partial charge on any atom is -0.375 e. The highest BCUT2D eigenvalue weighted by Gasteiger charge is 2.30. The molecule has 3 nitrogen and oxygen atoms in total. The molecule has 2 unspecified atom stereocenters. The van der Waals surface area contributed by atoms with Gasteiger partial charge >= 0.3 is 0 Å². The Morgan fingerprint density at radius 1 is 1.28 bits per heavy atom. The monoisotopic (exact) mass is 246 g/mol. The van der Waals surface area contributed by atoms with Crippen molar-refractivity contribution >= 4 is 0 Å². The molecular weight excluding hydrogens is 224 g/mol. The highest BCUT2D eigenvalue weighted by Crippen LogP contribution is 2.23. The summed E-state index contributed by atoms with van der Waals surface area (Å²) in [5.41, 5.74) is 1.42. The molecular formula is C15H22N2O. The van der Waals surface area contributed by atoms with Gasteiger partial charge < -0.3 is 10.1 Å². The van der Waals surface area contributed by atoms with Gasteiger partial charge in [-0.15, -0.1) is 0 Å². The Balaban J connectivity index is 1.52. The lowest BCUT2D eigenvalue weighted by atomic mass is 10.0. The van der Waals surface area contributed by atoms with Crippen LogP contribution in [-0.2, 0) is 11.3 Å². The molecule has 98 valence electrons. The largest absolute Gasteiger partial charge is 0.375 e. The van der Waals surface area contributed by atoms with Crippen LogP contribution in [0.5, 0.6) is 0 Å². The Hall–Kier alpha value is -0.900. The third kappa shape index (κ3) is 2.91. The summed E-state index contributed by atoms with van der Waals surface area (Å²) in [6, 6.07) is 10.8. The minimum atomic E-state index is 0.430. The standard InChI is InChI=1S/C15H22N2O/c1-2-4-13(5-3-1)11-17-8-6-14(12-17)15-10-16-7-9-18-15/h1-5,14-16H,6-12H2. The number of hydrogen-bond donors (Lipinski definition) is 1. The Bertz CT molecular complexity index is 362. The van der Waals surface area contributed by atoms with Crippen molar-refractivity contribution in [3.05, 3.63) is 35.9 Å². The number of likely N-dealkylation sites (tertiary alicyclic amines) is 1. The van der Waals surface area contributed by atoms with E-state index in [-0.39, 0.29) is 0 Å². The predicted octanol–water partition coefficient (Wildman–Crippen LogP) is 1.50. The first kappa shape index (κ1) is 12.2. The topological polar surface area (TPSA) is 24.5 Å². The van der Waals surface area contributed by atoms with Gasteiger partial charge in [-0.1, -0.05) is 30.3 Å². The number of hydrogen-bond acceptors (Lipinski definition) is 3. The first-order valence-corrected chi connectivity index (χ1v) is 7.00. The molecule has 2 aliphatic heterocycles. The van der Waals surface area contributed by atoms with Gasteiger partial charge in [0.15, 0.2) is 0 Å². The van der Waals surface area contributed by atoms with Crippen molar-refractivity contribution in [1.29, 1.82) is 0 Å². The quantitative estimate of drug-likeness (QED) is 0.874. The number of nitrogens with zero attached hydrogens (tertiary/aromatic N) is 1. The summed E-state index contributed by atoms with van der Waals surface area (Å²) < 4.78 is 5.87. The van der Waals surface area contributed by atoms with Gasteiger partial charge in [0.05, 0.1) is 12.7 Å². The van der Waals surface area contributed by atoms with Crippen molar-refractivity contribution in [2.24, 2.45) is 5.92 Å². The molecule has 3 rings (SSSR count). The Labute approximate surface area is 109 Å². The second kappa shape index (κ2) is 5.83. The van der Waals surface area contributed by atoms with E-state index in [1.807, 2.05) is 0 Å². The molecule has 3 heteroatoms. The van der Waals surface area contributed by atoms with Gasteiger partial charge in [0, 0.05) is 32.1 Å². The van der Waals surface area contributed by atoms with Gasteiger partial charge in [-0.2, -0.15) is 0 Å². The summed E-state index contributed by atoms with van der Waals surface area (Å²) in [7, 11) is 0. The molecule has 0 saturated carbocycles. The van der Waals surface area contributed by atoms with Crippen molar-refractivity contribution in [3.8, 4) is 0 Å². The van der Waals surface area contributed by atoms with E-state index in [2.05, 4.69) is 40.5 Å². The summed E-state index contributed by atoms with van der Waals surface area (Å²) >= 11 is 0. The van der Waals surface area contributed by atoms with Crippen LogP contribution in [0.1, 0.15) is 12.0 Å². The van der Waals surface area contributed by atoms with Crippen LogP contribution in [0, 0.1) is 5.92 Å². The number of nitrogens with one attached hydrogen (secondary N) is 1. The fraction of sp³-hybridized carbons (Fsp3) is 0.600. The maximum absolute atomic E-state index is 5.87. The zero-order valence-corrected chi connectivity index (χ0v) is 10.8. The molecule has 0 aromatic heterocycles. The summed E-state index contributed by atoms with van der Waals surface area (Å²) in [5, 5.41) is 3.43. The Morgan fingerprint density at radius 2 is 2.17 bits per heavy atom. The number of morpholine rings is 1. The number of benzene rings is 1. The first-order valence-electron chi connectivity index (χ1n) is 7.00. The van der Waals surface area contributed by atoms with Gasteiger partial charge in [-0.25, -0.2) is 0 Å². The molecule has 0 amide bonds. The first-order chi connectivity index (χ1) is 8.92. The zero-order valence-electron chi connectivity index (χ0n) is 10.8. The van der Waals surface area contributed by atoms with Crippen LogP contribution in [0.4, 0.5) is 0 Å². The SMILES string of the molecule is c1ccc(CN2CCC(C3CNCCO3)C2)cc1. The highest BCUT2D eigenvalue weighted by atomic mass is 16.5. The zero-order chi connectivity index (χ0) is 12.2. The summed E-state index contributed by atoms with van der Waals surface area (Å²) in [6.07, 6.45) is 1.71. The number of ether oxygens (including phenoxy) is 1. The summed E-state index contributed by atoms with van der Waals surface area (Å²) in [5.74, 6) is 0.710. The molecule has 2 fully saturated rings. The van der Waals surface area contributed by atoms with E-state index in [1.54, 1.807) is 0 Å². The van der Waals surface area contributed by atoms with E-state index in [1.165, 1.54) is 25.1 Å². The molecule has 2 aliphatic rings. The molecule has 2 atom stereocenters. The van der Waals surface area contributed by atoms with Crippen LogP contribution in [0.3, 0.4) is 0 Å². The molecule has 18 heavy (non-hydrogen) atoms.